The quantitative estimate of drug-likeness (QED) is 0.529. The van der Waals surface area contributed by atoms with E-state index in [9.17, 15) is 0 Å². The normalized spacial score (nSPS) is 12.7. The molecule has 3 aromatic rings. The molecule has 0 N–H and O–H groups in total. The van der Waals surface area contributed by atoms with Gasteiger partial charge in [-0.05, 0) is 18.2 Å². The molecule has 0 spiro atoms. The molecule has 0 fully saturated rings. The maximum Gasteiger partial charge on any atom is 0.0516 e. The van der Waals surface area contributed by atoms with Gasteiger partial charge in [-0.25, -0.2) is 0 Å². The van der Waals surface area contributed by atoms with E-state index in [1.165, 1.54) is 0 Å². The number of pyridine rings is 1. The molecule has 4 heteroatoms. The Hall–Kier alpha value is -2.16. The summed E-state index contributed by atoms with van der Waals surface area (Å²) in [6.45, 7) is 2.08. The van der Waals surface area contributed by atoms with Gasteiger partial charge < -0.3 is 9.80 Å². The molecule has 1 aliphatic heterocycles. The Labute approximate surface area is 143 Å². The average Bonchev–Trinajstić information content (AvgIpc) is 2.96. The fraction of sp³-hybridized carbons (Fsp3) is 0. The molecule has 1 aliphatic rings. The Morgan fingerprint density at radius 2 is 1.68 bits per heavy atom. The second-order valence-corrected chi connectivity index (χ2v) is 4.80. The second-order valence-electron chi connectivity index (χ2n) is 4.80. The van der Waals surface area contributed by atoms with Crippen molar-refractivity contribution in [2.24, 2.45) is 0 Å². The largest absolute Gasteiger partial charge is 0.492 e. The second kappa shape index (κ2) is 6.30. The van der Waals surface area contributed by atoms with Crippen molar-refractivity contribution in [2.75, 3.05) is 9.80 Å². The molecule has 0 amide bonds. The molecule has 1 radical (unpaired) electrons. The number of hydrogen-bond acceptors (Lipinski definition) is 3. The Morgan fingerprint density at radius 3 is 2.45 bits per heavy atom. The van der Waals surface area contributed by atoms with E-state index in [0.29, 0.717) is 0 Å². The Balaban J connectivity index is 0.00000144. The maximum atomic E-state index is 4.26. The zero-order valence-corrected chi connectivity index (χ0v) is 14.1. The van der Waals surface area contributed by atoms with E-state index in [0.717, 1.165) is 22.7 Å². The van der Waals surface area contributed by atoms with Crippen molar-refractivity contribution in [3.05, 3.63) is 85.8 Å². The van der Waals surface area contributed by atoms with Gasteiger partial charge in [-0.1, -0.05) is 18.2 Å². The SMILES string of the molecule is [Ir].[c-]1ccccc1N1[CH-]N(c2ccccc2)c2ccncc21. The molecule has 0 bridgehead atoms. The van der Waals surface area contributed by atoms with Crippen molar-refractivity contribution >= 4 is 22.7 Å². The first-order valence-corrected chi connectivity index (χ1v) is 6.83. The maximum absolute atomic E-state index is 4.26. The molecule has 4 rings (SSSR count). The molecule has 111 valence electrons. The first-order chi connectivity index (χ1) is 10.4. The third kappa shape index (κ3) is 2.52. The van der Waals surface area contributed by atoms with Crippen LogP contribution < -0.4 is 9.80 Å². The van der Waals surface area contributed by atoms with Crippen molar-refractivity contribution in [1.29, 1.82) is 0 Å². The molecule has 0 unspecified atom stereocenters. The van der Waals surface area contributed by atoms with Crippen molar-refractivity contribution in [3.63, 3.8) is 0 Å². The number of nitrogens with zero attached hydrogens (tertiary/aromatic N) is 3. The number of fused-ring (bicyclic) bond motifs is 1. The van der Waals surface area contributed by atoms with Gasteiger partial charge in [-0.15, -0.1) is 12.4 Å². The van der Waals surface area contributed by atoms with Crippen LogP contribution in [0.3, 0.4) is 0 Å². The van der Waals surface area contributed by atoms with Gasteiger partial charge >= 0.3 is 0 Å². The number of para-hydroxylation sites is 2. The summed E-state index contributed by atoms with van der Waals surface area (Å²) in [5, 5.41) is 0. The topological polar surface area (TPSA) is 19.4 Å². The number of aromatic nitrogens is 1. The van der Waals surface area contributed by atoms with Crippen LogP contribution in [0.4, 0.5) is 22.7 Å². The minimum atomic E-state index is 0. The minimum absolute atomic E-state index is 0. The van der Waals surface area contributed by atoms with E-state index < -0.39 is 0 Å². The zero-order valence-electron chi connectivity index (χ0n) is 11.7. The predicted molar refractivity (Wildman–Crippen MR) is 84.5 cm³/mol. The number of benzene rings is 2. The van der Waals surface area contributed by atoms with E-state index in [1.54, 1.807) is 0 Å². The van der Waals surface area contributed by atoms with Crippen LogP contribution in [-0.2, 0) is 20.1 Å². The monoisotopic (exact) mass is 464 g/mol. The molecule has 0 aliphatic carbocycles. The summed E-state index contributed by atoms with van der Waals surface area (Å²) in [6, 6.07) is 23.5. The number of rotatable bonds is 2. The molecule has 0 saturated carbocycles. The van der Waals surface area contributed by atoms with Crippen LogP contribution in [0.1, 0.15) is 0 Å². The van der Waals surface area contributed by atoms with Crippen molar-refractivity contribution in [2.45, 2.75) is 0 Å². The van der Waals surface area contributed by atoms with E-state index in [4.69, 9.17) is 0 Å². The van der Waals surface area contributed by atoms with Gasteiger partial charge in [0.1, 0.15) is 0 Å². The van der Waals surface area contributed by atoms with Gasteiger partial charge in [0.05, 0.1) is 5.69 Å². The van der Waals surface area contributed by atoms with Gasteiger partial charge in [0.15, 0.2) is 0 Å². The fourth-order valence-corrected chi connectivity index (χ4v) is 2.53. The summed E-state index contributed by atoms with van der Waals surface area (Å²) < 4.78 is 0. The molecule has 0 atom stereocenters. The van der Waals surface area contributed by atoms with E-state index in [-0.39, 0.29) is 20.1 Å². The summed E-state index contributed by atoms with van der Waals surface area (Å²) in [5.41, 5.74) is 4.31. The molecule has 22 heavy (non-hydrogen) atoms. The van der Waals surface area contributed by atoms with Crippen LogP contribution in [0.2, 0.25) is 0 Å². The molecule has 2 heterocycles. The Bertz CT molecular complexity index is 682. The summed E-state index contributed by atoms with van der Waals surface area (Å²) in [6.07, 6.45) is 3.70. The summed E-state index contributed by atoms with van der Waals surface area (Å²) in [4.78, 5) is 8.53. The smallest absolute Gasteiger partial charge is 0.0516 e. The van der Waals surface area contributed by atoms with Gasteiger partial charge in [0, 0.05) is 43.9 Å². The Morgan fingerprint density at radius 1 is 0.864 bits per heavy atom. The van der Waals surface area contributed by atoms with Gasteiger partial charge in [0.2, 0.25) is 0 Å². The van der Waals surface area contributed by atoms with Crippen LogP contribution in [0.5, 0.6) is 0 Å². The summed E-state index contributed by atoms with van der Waals surface area (Å²) >= 11 is 0. The molecule has 3 nitrogen and oxygen atoms in total. The third-order valence-corrected chi connectivity index (χ3v) is 3.51. The molecule has 2 aromatic carbocycles. The average molecular weight is 464 g/mol. The van der Waals surface area contributed by atoms with Gasteiger partial charge in [-0.2, -0.15) is 30.3 Å². The van der Waals surface area contributed by atoms with E-state index >= 15 is 0 Å². The first-order valence-electron chi connectivity index (χ1n) is 6.83. The first kappa shape index (κ1) is 14.8. The van der Waals surface area contributed by atoms with Gasteiger partial charge in [0.25, 0.3) is 0 Å². The minimum Gasteiger partial charge on any atom is -0.492 e. The van der Waals surface area contributed by atoms with Crippen molar-refractivity contribution < 1.29 is 20.1 Å². The van der Waals surface area contributed by atoms with Crippen LogP contribution in [-0.4, -0.2) is 4.98 Å². The zero-order chi connectivity index (χ0) is 14.1. The van der Waals surface area contributed by atoms with Gasteiger partial charge in [-0.3, -0.25) is 4.98 Å². The van der Waals surface area contributed by atoms with Crippen LogP contribution in [0.25, 0.3) is 0 Å². The van der Waals surface area contributed by atoms with Crippen molar-refractivity contribution in [3.8, 4) is 0 Å². The van der Waals surface area contributed by atoms with Crippen LogP contribution in [0.15, 0.2) is 73.1 Å². The fourth-order valence-electron chi connectivity index (χ4n) is 2.53. The van der Waals surface area contributed by atoms with Crippen molar-refractivity contribution in [1.82, 2.24) is 4.98 Å². The number of hydrogen-bond donors (Lipinski definition) is 0. The number of anilines is 4. The molecular formula is C18H13IrN3-2. The van der Waals surface area contributed by atoms with E-state index in [2.05, 4.69) is 39.7 Å². The summed E-state index contributed by atoms with van der Waals surface area (Å²) in [7, 11) is 0. The van der Waals surface area contributed by atoms with Crippen LogP contribution >= 0.6 is 0 Å². The third-order valence-electron chi connectivity index (χ3n) is 3.51. The summed E-state index contributed by atoms with van der Waals surface area (Å²) in [5.74, 6) is 0. The predicted octanol–water partition coefficient (Wildman–Crippen LogP) is 4.29. The standard InChI is InChI=1S/C18H13N3.Ir/c1-3-7-15(8-4-1)20-14-21(16-9-5-2-6-10-16)18-13-19-12-11-17(18)20;/h1-9,11-14H;/q-2;. The Kier molecular flexibility index (Phi) is 4.23. The molecule has 0 saturated heterocycles. The molecular weight excluding hydrogens is 450 g/mol. The molecule has 1 aromatic heterocycles. The van der Waals surface area contributed by atoms with Crippen LogP contribution in [0, 0.1) is 12.7 Å². The van der Waals surface area contributed by atoms with E-state index in [1.807, 2.05) is 60.9 Å².